The summed E-state index contributed by atoms with van der Waals surface area (Å²) in [5, 5.41) is 20.0. The highest BCUT2D eigenvalue weighted by molar-refractivity contribution is 8.00. The number of carbonyl (C=O) groups excluding carboxylic acids is 2. The van der Waals surface area contributed by atoms with E-state index in [2.05, 4.69) is 16.8 Å². The van der Waals surface area contributed by atoms with Crippen LogP contribution in [0.5, 0.6) is 17.2 Å². The number of rotatable bonds is 12. The summed E-state index contributed by atoms with van der Waals surface area (Å²) in [6.45, 7) is 6.07. The Balaban J connectivity index is 1.58. The van der Waals surface area contributed by atoms with Crippen LogP contribution in [-0.4, -0.2) is 47.3 Å². The Kier molecular flexibility index (Phi) is 9.61. The lowest BCUT2D eigenvalue weighted by Gasteiger charge is -2.23. The number of aliphatic hydroxyl groups is 1. The lowest BCUT2D eigenvalue weighted by Crippen LogP contribution is -2.29. The second-order valence-corrected chi connectivity index (χ2v) is 11.5. The van der Waals surface area contributed by atoms with Gasteiger partial charge in [0.05, 0.1) is 25.3 Å². The maximum atomic E-state index is 14.2. The monoisotopic (exact) mass is 633 g/mol. The topological polar surface area (TPSA) is 111 Å². The number of ether oxygens (including phenoxy) is 3. The van der Waals surface area contributed by atoms with Crippen LogP contribution in [0.4, 0.5) is 9.52 Å². The number of nitrogens with zero attached hydrogens (tertiary/aromatic N) is 3. The van der Waals surface area contributed by atoms with Crippen LogP contribution >= 0.6 is 23.1 Å². The zero-order valence-electron chi connectivity index (χ0n) is 23.9. The van der Waals surface area contributed by atoms with Crippen LogP contribution in [0.25, 0.3) is 5.76 Å². The first-order valence-corrected chi connectivity index (χ1v) is 15.3. The van der Waals surface area contributed by atoms with Gasteiger partial charge in [0.2, 0.25) is 5.13 Å². The molecule has 1 fully saturated rings. The molecule has 0 bridgehead atoms. The molecule has 226 valence electrons. The van der Waals surface area contributed by atoms with Gasteiger partial charge in [-0.3, -0.25) is 14.5 Å². The summed E-state index contributed by atoms with van der Waals surface area (Å²) in [5.41, 5.74) is 1.17. The van der Waals surface area contributed by atoms with Crippen LogP contribution in [0.2, 0.25) is 0 Å². The predicted molar refractivity (Wildman–Crippen MR) is 167 cm³/mol. The van der Waals surface area contributed by atoms with Gasteiger partial charge in [0.25, 0.3) is 5.78 Å². The van der Waals surface area contributed by atoms with Crippen molar-refractivity contribution in [2.24, 2.45) is 0 Å². The number of ketones is 1. The van der Waals surface area contributed by atoms with Crippen molar-refractivity contribution in [1.82, 2.24) is 10.2 Å². The van der Waals surface area contributed by atoms with Crippen LogP contribution < -0.4 is 19.1 Å². The maximum absolute atomic E-state index is 14.2. The summed E-state index contributed by atoms with van der Waals surface area (Å²) in [6, 6.07) is 16.9. The van der Waals surface area contributed by atoms with Crippen molar-refractivity contribution in [2.45, 2.75) is 23.1 Å². The fourth-order valence-corrected chi connectivity index (χ4v) is 6.45. The maximum Gasteiger partial charge on any atom is 0.301 e. The highest BCUT2D eigenvalue weighted by Gasteiger charge is 2.48. The van der Waals surface area contributed by atoms with Crippen molar-refractivity contribution in [3.8, 4) is 17.2 Å². The zero-order chi connectivity index (χ0) is 31.2. The van der Waals surface area contributed by atoms with Crippen molar-refractivity contribution in [1.29, 1.82) is 0 Å². The van der Waals surface area contributed by atoms with Crippen molar-refractivity contribution < 1.29 is 33.3 Å². The van der Waals surface area contributed by atoms with Gasteiger partial charge in [-0.1, -0.05) is 60.0 Å². The van der Waals surface area contributed by atoms with Crippen molar-refractivity contribution in [2.75, 3.05) is 25.2 Å². The summed E-state index contributed by atoms with van der Waals surface area (Å²) in [6.07, 6.45) is 1.60. The van der Waals surface area contributed by atoms with Gasteiger partial charge in [-0.15, -0.1) is 10.2 Å². The molecular formula is C32H28FN3O6S2. The first-order chi connectivity index (χ1) is 21.4. The van der Waals surface area contributed by atoms with Crippen molar-refractivity contribution in [3.05, 3.63) is 107 Å². The smallest absolute Gasteiger partial charge is 0.301 e. The van der Waals surface area contributed by atoms with E-state index in [-0.39, 0.29) is 28.9 Å². The third kappa shape index (κ3) is 6.31. The number of aromatic nitrogens is 2. The van der Waals surface area contributed by atoms with Crippen LogP contribution in [0, 0.1) is 5.82 Å². The standard InChI is InChI=1S/C32H28FN3O6S2/c1-4-16-42-24-15-12-20(17-25(24)41-5-2)27-26(28(37)19-10-13-22(40-3)14-11-19)29(38)30(39)36(27)31-34-35-32(44-31)43-18-21-8-6-7-9-23(21)33/h4,6-15,17,27,37H,1,5,16,18H2,2-3H3/b28-26+. The lowest BCUT2D eigenvalue weighted by molar-refractivity contribution is -0.132. The Hall–Kier alpha value is -4.68. The largest absolute Gasteiger partial charge is 0.507 e. The Morgan fingerprint density at radius 1 is 1.09 bits per heavy atom. The van der Waals surface area contributed by atoms with Crippen molar-refractivity contribution in [3.63, 3.8) is 0 Å². The van der Waals surface area contributed by atoms with Gasteiger partial charge in [0, 0.05) is 11.3 Å². The van der Waals surface area contributed by atoms with E-state index in [1.807, 2.05) is 6.92 Å². The molecule has 5 rings (SSSR count). The molecule has 1 saturated heterocycles. The molecule has 0 spiro atoms. The fourth-order valence-electron chi connectivity index (χ4n) is 4.59. The number of halogens is 1. The van der Waals surface area contributed by atoms with E-state index in [1.165, 1.54) is 29.8 Å². The number of hydrogen-bond acceptors (Lipinski definition) is 10. The summed E-state index contributed by atoms with van der Waals surface area (Å²) in [5.74, 6) is -0.761. The zero-order valence-corrected chi connectivity index (χ0v) is 25.5. The molecule has 9 nitrogen and oxygen atoms in total. The second-order valence-electron chi connectivity index (χ2n) is 9.37. The van der Waals surface area contributed by atoms with Crippen LogP contribution in [0.1, 0.15) is 29.7 Å². The predicted octanol–water partition coefficient (Wildman–Crippen LogP) is 6.57. The number of methoxy groups -OCH3 is 1. The minimum Gasteiger partial charge on any atom is -0.507 e. The molecule has 44 heavy (non-hydrogen) atoms. The molecule has 1 N–H and O–H groups in total. The molecule has 2 heterocycles. The highest BCUT2D eigenvalue weighted by atomic mass is 32.2. The van der Waals surface area contributed by atoms with Crippen LogP contribution in [0.3, 0.4) is 0 Å². The van der Waals surface area contributed by atoms with Gasteiger partial charge in [0.15, 0.2) is 15.8 Å². The second kappa shape index (κ2) is 13.7. The van der Waals surface area contributed by atoms with E-state index in [0.29, 0.717) is 50.6 Å². The van der Waals surface area contributed by atoms with Crippen LogP contribution in [0.15, 0.2) is 89.3 Å². The molecule has 1 atom stereocenters. The Bertz CT molecular complexity index is 1720. The number of Topliss-reactive ketones (excluding diaryl/α,β-unsaturated/α-hetero) is 1. The lowest BCUT2D eigenvalue weighted by atomic mass is 9.95. The van der Waals surface area contributed by atoms with Gasteiger partial charge in [0.1, 0.15) is 23.9 Å². The number of carbonyl (C=O) groups is 2. The van der Waals surface area contributed by atoms with Gasteiger partial charge in [-0.25, -0.2) is 4.39 Å². The van der Waals surface area contributed by atoms with E-state index in [0.717, 1.165) is 11.3 Å². The number of anilines is 1. The number of amides is 1. The minimum atomic E-state index is -1.07. The Morgan fingerprint density at radius 3 is 2.57 bits per heavy atom. The molecule has 1 unspecified atom stereocenters. The number of aliphatic hydroxyl groups excluding tert-OH is 1. The van der Waals surface area contributed by atoms with E-state index in [4.69, 9.17) is 14.2 Å². The normalized spacial score (nSPS) is 15.8. The van der Waals surface area contributed by atoms with Gasteiger partial charge >= 0.3 is 5.91 Å². The first-order valence-electron chi connectivity index (χ1n) is 13.5. The summed E-state index contributed by atoms with van der Waals surface area (Å²) in [7, 11) is 1.52. The molecule has 1 aliphatic heterocycles. The summed E-state index contributed by atoms with van der Waals surface area (Å²) >= 11 is 2.34. The molecule has 4 aromatic rings. The molecule has 0 radical (unpaired) electrons. The summed E-state index contributed by atoms with van der Waals surface area (Å²) < 4.78 is 31.4. The number of benzene rings is 3. The van der Waals surface area contributed by atoms with E-state index >= 15 is 0 Å². The number of hydrogen-bond donors (Lipinski definition) is 1. The fraction of sp³-hybridized carbons (Fsp3) is 0.188. The third-order valence-electron chi connectivity index (χ3n) is 6.66. The van der Waals surface area contributed by atoms with Gasteiger partial charge in [-0.2, -0.15) is 0 Å². The molecule has 3 aromatic carbocycles. The first kappa shape index (κ1) is 30.8. The molecular weight excluding hydrogens is 605 g/mol. The van der Waals surface area contributed by atoms with E-state index in [9.17, 15) is 19.1 Å². The molecule has 0 aliphatic carbocycles. The SMILES string of the molecule is C=CCOc1ccc(C2/C(=C(\O)c3ccc(OC)cc3)C(=O)C(=O)N2c2nnc(SCc3ccccc3F)s2)cc1OCC. The quantitative estimate of drug-likeness (QED) is 0.0463. The molecule has 0 saturated carbocycles. The Morgan fingerprint density at radius 2 is 1.86 bits per heavy atom. The third-order valence-corrected chi connectivity index (χ3v) is 8.76. The summed E-state index contributed by atoms with van der Waals surface area (Å²) in [4.78, 5) is 28.4. The number of thioether (sulfide) groups is 1. The molecule has 1 aliphatic rings. The minimum absolute atomic E-state index is 0.127. The molecule has 1 amide bonds. The van der Waals surface area contributed by atoms with Crippen LogP contribution in [-0.2, 0) is 15.3 Å². The Labute approximate surface area is 261 Å². The average molecular weight is 634 g/mol. The van der Waals surface area contributed by atoms with Gasteiger partial charge < -0.3 is 19.3 Å². The van der Waals surface area contributed by atoms with E-state index < -0.39 is 17.7 Å². The average Bonchev–Trinajstić information content (AvgIpc) is 3.61. The molecule has 1 aromatic heterocycles. The van der Waals surface area contributed by atoms with Crippen molar-refractivity contribution >= 4 is 45.7 Å². The van der Waals surface area contributed by atoms with Gasteiger partial charge in [-0.05, 0) is 60.5 Å². The highest BCUT2D eigenvalue weighted by Crippen LogP contribution is 2.45. The molecule has 12 heteroatoms. The van der Waals surface area contributed by atoms with E-state index in [1.54, 1.807) is 66.7 Å².